The van der Waals surface area contributed by atoms with Gasteiger partial charge in [0.25, 0.3) is 0 Å². The van der Waals surface area contributed by atoms with Crippen molar-refractivity contribution in [2.45, 2.75) is 52.9 Å². The molecule has 4 rings (SSSR count). The molecule has 0 radical (unpaired) electrons. The molecule has 174 valence electrons. The van der Waals surface area contributed by atoms with Crippen LogP contribution >= 0.6 is 0 Å². The molecule has 5 heteroatoms. The van der Waals surface area contributed by atoms with Gasteiger partial charge in [-0.15, -0.1) is 0 Å². The van der Waals surface area contributed by atoms with E-state index in [-0.39, 0.29) is 6.10 Å². The number of nitrogens with zero attached hydrogens (tertiary/aromatic N) is 3. The number of hydrogen-bond acceptors (Lipinski definition) is 4. The van der Waals surface area contributed by atoms with Gasteiger partial charge in [-0.1, -0.05) is 55.8 Å². The maximum absolute atomic E-state index is 9.20. The van der Waals surface area contributed by atoms with Gasteiger partial charge < -0.3 is 14.0 Å². The van der Waals surface area contributed by atoms with Crippen LogP contribution in [0.1, 0.15) is 43.4 Å². The highest BCUT2D eigenvalue weighted by Crippen LogP contribution is 2.33. The SMILES string of the molecule is CCCOC(CC)Cn1ccc2nc(OCc3ccc(C)cc3)c(-c3ccc(C#N)cc3)cc21. The van der Waals surface area contributed by atoms with Crippen LogP contribution in [0.25, 0.3) is 22.2 Å². The van der Waals surface area contributed by atoms with Gasteiger partial charge in [-0.05, 0) is 55.2 Å². The zero-order valence-corrected chi connectivity index (χ0v) is 20.1. The van der Waals surface area contributed by atoms with E-state index in [1.165, 1.54) is 5.56 Å². The van der Waals surface area contributed by atoms with Gasteiger partial charge in [0.1, 0.15) is 6.61 Å². The van der Waals surface area contributed by atoms with Crippen molar-refractivity contribution in [1.29, 1.82) is 5.26 Å². The molecule has 0 saturated carbocycles. The molecule has 0 amide bonds. The van der Waals surface area contributed by atoms with Crippen LogP contribution in [0.2, 0.25) is 0 Å². The maximum atomic E-state index is 9.20. The Morgan fingerprint density at radius 3 is 2.47 bits per heavy atom. The second-order valence-electron chi connectivity index (χ2n) is 8.58. The van der Waals surface area contributed by atoms with Crippen LogP contribution < -0.4 is 4.74 Å². The molecule has 0 aliphatic carbocycles. The number of aromatic nitrogens is 2. The van der Waals surface area contributed by atoms with Crippen LogP contribution in [0.4, 0.5) is 0 Å². The molecule has 0 N–H and O–H groups in total. The van der Waals surface area contributed by atoms with Crippen LogP contribution in [-0.4, -0.2) is 22.3 Å². The normalized spacial score (nSPS) is 11.9. The molecule has 2 heterocycles. The van der Waals surface area contributed by atoms with Gasteiger partial charge >= 0.3 is 0 Å². The lowest BCUT2D eigenvalue weighted by Crippen LogP contribution is -2.19. The van der Waals surface area contributed by atoms with Crippen molar-refractivity contribution < 1.29 is 9.47 Å². The van der Waals surface area contributed by atoms with Crippen LogP contribution in [0, 0.1) is 18.3 Å². The van der Waals surface area contributed by atoms with E-state index in [0.717, 1.165) is 53.7 Å². The van der Waals surface area contributed by atoms with Crippen molar-refractivity contribution >= 4 is 11.0 Å². The van der Waals surface area contributed by atoms with E-state index in [0.29, 0.717) is 18.1 Å². The van der Waals surface area contributed by atoms with Crippen LogP contribution in [0.15, 0.2) is 66.9 Å². The minimum atomic E-state index is 0.159. The third-order valence-corrected chi connectivity index (χ3v) is 5.95. The summed E-state index contributed by atoms with van der Waals surface area (Å²) in [5, 5.41) is 9.20. The van der Waals surface area contributed by atoms with Crippen molar-refractivity contribution in [2.24, 2.45) is 0 Å². The highest BCUT2D eigenvalue weighted by atomic mass is 16.5. The molecule has 0 spiro atoms. The zero-order chi connectivity index (χ0) is 23.9. The second kappa shape index (κ2) is 11.0. The van der Waals surface area contributed by atoms with Gasteiger partial charge in [-0.25, -0.2) is 4.98 Å². The summed E-state index contributed by atoms with van der Waals surface area (Å²) in [6.45, 7) is 8.34. The fourth-order valence-electron chi connectivity index (χ4n) is 3.93. The molecule has 0 aliphatic heterocycles. The fraction of sp³-hybridized carbons (Fsp3) is 0.310. The number of hydrogen-bond donors (Lipinski definition) is 0. The number of nitriles is 1. The summed E-state index contributed by atoms with van der Waals surface area (Å²) in [7, 11) is 0. The van der Waals surface area contributed by atoms with Crippen molar-refractivity contribution in [3.63, 3.8) is 0 Å². The Morgan fingerprint density at radius 1 is 1.03 bits per heavy atom. The first-order valence-corrected chi connectivity index (χ1v) is 11.9. The first-order chi connectivity index (χ1) is 16.6. The Hall–Kier alpha value is -3.62. The highest BCUT2D eigenvalue weighted by molar-refractivity contribution is 5.84. The predicted octanol–water partition coefficient (Wildman–Crippen LogP) is 6.67. The summed E-state index contributed by atoms with van der Waals surface area (Å²) in [6.07, 6.45) is 4.19. The quantitative estimate of drug-likeness (QED) is 0.269. The van der Waals surface area contributed by atoms with Crippen LogP contribution in [0.3, 0.4) is 0 Å². The zero-order valence-electron chi connectivity index (χ0n) is 20.1. The minimum absolute atomic E-state index is 0.159. The third-order valence-electron chi connectivity index (χ3n) is 5.95. The van der Waals surface area contributed by atoms with Crippen molar-refractivity contribution in [3.05, 3.63) is 83.6 Å². The van der Waals surface area contributed by atoms with E-state index < -0.39 is 0 Å². The number of rotatable bonds is 10. The predicted molar refractivity (Wildman–Crippen MR) is 136 cm³/mol. The first-order valence-electron chi connectivity index (χ1n) is 11.9. The molecular formula is C29H31N3O2. The summed E-state index contributed by atoms with van der Waals surface area (Å²) in [5.41, 5.74) is 6.75. The van der Waals surface area contributed by atoms with E-state index in [4.69, 9.17) is 14.5 Å². The van der Waals surface area contributed by atoms with E-state index in [9.17, 15) is 5.26 Å². The lowest BCUT2D eigenvalue weighted by molar-refractivity contribution is 0.0403. The lowest BCUT2D eigenvalue weighted by Gasteiger charge is -2.18. The summed E-state index contributed by atoms with van der Waals surface area (Å²) < 4.78 is 14.5. The Kier molecular flexibility index (Phi) is 7.61. The van der Waals surface area contributed by atoms with Gasteiger partial charge in [0.2, 0.25) is 5.88 Å². The molecule has 34 heavy (non-hydrogen) atoms. The summed E-state index contributed by atoms with van der Waals surface area (Å²) >= 11 is 0. The molecule has 2 aromatic carbocycles. The second-order valence-corrected chi connectivity index (χ2v) is 8.58. The lowest BCUT2D eigenvalue weighted by atomic mass is 10.0. The Bertz CT molecular complexity index is 1270. The Balaban J connectivity index is 1.70. The first kappa shape index (κ1) is 23.5. The number of benzene rings is 2. The molecular weight excluding hydrogens is 422 g/mol. The molecule has 0 aliphatic rings. The monoisotopic (exact) mass is 453 g/mol. The van der Waals surface area contributed by atoms with Crippen LogP contribution in [0.5, 0.6) is 5.88 Å². The molecule has 0 saturated heterocycles. The van der Waals surface area contributed by atoms with E-state index >= 15 is 0 Å². The third kappa shape index (κ3) is 5.47. The highest BCUT2D eigenvalue weighted by Gasteiger charge is 2.16. The molecule has 5 nitrogen and oxygen atoms in total. The van der Waals surface area contributed by atoms with E-state index in [2.05, 4.69) is 67.9 Å². The van der Waals surface area contributed by atoms with Gasteiger partial charge in [-0.2, -0.15) is 5.26 Å². The maximum Gasteiger partial charge on any atom is 0.222 e. The van der Waals surface area contributed by atoms with Crippen LogP contribution in [-0.2, 0) is 17.9 Å². The van der Waals surface area contributed by atoms with Gasteiger partial charge in [0.05, 0.1) is 28.8 Å². The number of ether oxygens (including phenoxy) is 2. The molecule has 0 fully saturated rings. The average Bonchev–Trinajstić information content (AvgIpc) is 3.27. The fourth-order valence-corrected chi connectivity index (χ4v) is 3.93. The number of fused-ring (bicyclic) bond motifs is 1. The van der Waals surface area contributed by atoms with Gasteiger partial charge in [0, 0.05) is 24.9 Å². The smallest absolute Gasteiger partial charge is 0.222 e. The van der Waals surface area contributed by atoms with Crippen molar-refractivity contribution in [2.75, 3.05) is 6.61 Å². The minimum Gasteiger partial charge on any atom is -0.472 e. The number of pyridine rings is 1. The van der Waals surface area contributed by atoms with Gasteiger partial charge in [-0.3, -0.25) is 0 Å². The topological polar surface area (TPSA) is 60.1 Å². The Labute approximate surface area is 201 Å². The average molecular weight is 454 g/mol. The number of aryl methyl sites for hydroxylation is 1. The van der Waals surface area contributed by atoms with Crippen molar-refractivity contribution in [1.82, 2.24) is 9.55 Å². The molecule has 1 atom stereocenters. The van der Waals surface area contributed by atoms with Crippen molar-refractivity contribution in [3.8, 4) is 23.1 Å². The Morgan fingerprint density at radius 2 is 1.79 bits per heavy atom. The van der Waals surface area contributed by atoms with E-state index in [1.54, 1.807) is 0 Å². The molecule has 1 unspecified atom stereocenters. The molecule has 0 bridgehead atoms. The van der Waals surface area contributed by atoms with Gasteiger partial charge in [0.15, 0.2) is 0 Å². The summed E-state index contributed by atoms with van der Waals surface area (Å²) in [6, 6.07) is 22.2. The molecule has 2 aromatic heterocycles. The summed E-state index contributed by atoms with van der Waals surface area (Å²) in [4.78, 5) is 4.89. The molecule has 4 aromatic rings. The largest absolute Gasteiger partial charge is 0.472 e. The standard InChI is InChI=1S/C29H31N3O2/c1-4-16-33-25(5-2)19-32-15-14-27-28(32)17-26(24-12-10-22(18-30)11-13-24)29(31-27)34-20-23-8-6-21(3)7-9-23/h6-15,17,25H,4-5,16,19-20H2,1-3H3. The summed E-state index contributed by atoms with van der Waals surface area (Å²) in [5.74, 6) is 0.588. The van der Waals surface area contributed by atoms with E-state index in [1.807, 2.05) is 30.3 Å².